The van der Waals surface area contributed by atoms with Crippen LogP contribution in [0.3, 0.4) is 0 Å². The van der Waals surface area contributed by atoms with Crippen LogP contribution in [-0.4, -0.2) is 31.0 Å². The van der Waals surface area contributed by atoms with Gasteiger partial charge in [0.05, 0.1) is 18.9 Å². The summed E-state index contributed by atoms with van der Waals surface area (Å²) in [6, 6.07) is 5.08. The van der Waals surface area contributed by atoms with Crippen molar-refractivity contribution in [2.24, 2.45) is 0 Å². The molecule has 5 heteroatoms. The van der Waals surface area contributed by atoms with E-state index in [9.17, 15) is 4.79 Å². The molecule has 0 heterocycles. The highest BCUT2D eigenvalue weighted by Crippen LogP contribution is 2.25. The van der Waals surface area contributed by atoms with Crippen LogP contribution in [0.1, 0.15) is 19.4 Å². The Hall–Kier alpha value is -2.19. The highest BCUT2D eigenvalue weighted by molar-refractivity contribution is 5.87. The number of aliphatic hydroxyl groups excluding tert-OH is 1. The molecule has 0 radical (unpaired) electrons. The van der Waals surface area contributed by atoms with Crippen molar-refractivity contribution < 1.29 is 19.4 Å². The lowest BCUT2D eigenvalue weighted by atomic mass is 10.2. The number of methoxy groups -OCH3 is 1. The van der Waals surface area contributed by atoms with Crippen LogP contribution in [0.2, 0.25) is 0 Å². The number of ether oxygens (including phenoxy) is 2. The van der Waals surface area contributed by atoms with Gasteiger partial charge < -0.3 is 14.6 Å². The number of aliphatic hydroxyl groups is 1. The fourth-order valence-electron chi connectivity index (χ4n) is 1.38. The molecule has 102 valence electrons. The Balaban J connectivity index is 2.92. The molecule has 1 aromatic rings. The maximum atomic E-state index is 11.6. The van der Waals surface area contributed by atoms with Crippen molar-refractivity contribution in [2.45, 2.75) is 20.0 Å². The van der Waals surface area contributed by atoms with Crippen LogP contribution in [0.5, 0.6) is 5.75 Å². The zero-order chi connectivity index (χ0) is 14.3. The molecule has 0 saturated carbocycles. The minimum absolute atomic E-state index is 0.205. The van der Waals surface area contributed by atoms with Gasteiger partial charge in [-0.1, -0.05) is 11.8 Å². The number of nitrogens with one attached hydrogen (secondary N) is 1. The summed E-state index contributed by atoms with van der Waals surface area (Å²) in [7, 11) is 1.51. The zero-order valence-corrected chi connectivity index (χ0v) is 11.2. The predicted octanol–water partition coefficient (Wildman–Crippen LogP) is 2.00. The Bertz CT molecular complexity index is 500. The third-order valence-corrected chi connectivity index (χ3v) is 2.09. The molecule has 0 aliphatic heterocycles. The van der Waals surface area contributed by atoms with Crippen molar-refractivity contribution in [1.82, 2.24) is 0 Å². The van der Waals surface area contributed by atoms with E-state index < -0.39 is 6.09 Å². The standard InChI is InChI=1S/C14H17NO4/c1-10(2)19-14(17)15-12-9-11(5-4-8-16)6-7-13(12)18-3/h6-7,9-10,16H,8H2,1-3H3,(H,15,17). The van der Waals surface area contributed by atoms with E-state index in [1.165, 1.54) is 7.11 Å². The molecule has 0 aliphatic carbocycles. The predicted molar refractivity (Wildman–Crippen MR) is 72.2 cm³/mol. The Morgan fingerprint density at radius 2 is 2.21 bits per heavy atom. The van der Waals surface area contributed by atoms with Gasteiger partial charge >= 0.3 is 6.09 Å². The van der Waals surface area contributed by atoms with E-state index in [0.717, 1.165) is 0 Å². The van der Waals surface area contributed by atoms with Crippen LogP contribution < -0.4 is 10.1 Å². The average Bonchev–Trinajstić information content (AvgIpc) is 2.35. The number of carbonyl (C=O) groups excluding carboxylic acids is 1. The summed E-state index contributed by atoms with van der Waals surface area (Å²) in [5.41, 5.74) is 1.13. The highest BCUT2D eigenvalue weighted by atomic mass is 16.6. The molecular weight excluding hydrogens is 246 g/mol. The minimum atomic E-state index is -0.555. The highest BCUT2D eigenvalue weighted by Gasteiger charge is 2.10. The maximum absolute atomic E-state index is 11.6. The fourth-order valence-corrected chi connectivity index (χ4v) is 1.38. The van der Waals surface area contributed by atoms with Gasteiger partial charge in [0.25, 0.3) is 0 Å². The number of hydrogen-bond acceptors (Lipinski definition) is 4. The second-order valence-corrected chi connectivity index (χ2v) is 3.95. The summed E-state index contributed by atoms with van der Waals surface area (Å²) in [5, 5.41) is 11.2. The van der Waals surface area contributed by atoms with Crippen molar-refractivity contribution in [1.29, 1.82) is 0 Å². The van der Waals surface area contributed by atoms with Gasteiger partial charge in [0.1, 0.15) is 12.4 Å². The lowest BCUT2D eigenvalue weighted by Gasteiger charge is -2.12. The molecule has 1 amide bonds. The van der Waals surface area contributed by atoms with Gasteiger partial charge in [0, 0.05) is 5.56 Å². The second-order valence-electron chi connectivity index (χ2n) is 3.95. The summed E-state index contributed by atoms with van der Waals surface area (Å²) < 4.78 is 10.1. The second kappa shape index (κ2) is 7.29. The molecule has 5 nitrogen and oxygen atoms in total. The van der Waals surface area contributed by atoms with Gasteiger partial charge in [-0.3, -0.25) is 5.32 Å². The van der Waals surface area contributed by atoms with Crippen molar-refractivity contribution in [2.75, 3.05) is 19.0 Å². The molecule has 0 fully saturated rings. The van der Waals surface area contributed by atoms with Crippen molar-refractivity contribution >= 4 is 11.8 Å². The fraction of sp³-hybridized carbons (Fsp3) is 0.357. The van der Waals surface area contributed by atoms with Gasteiger partial charge in [0.15, 0.2) is 0 Å². The van der Waals surface area contributed by atoms with E-state index in [-0.39, 0.29) is 12.7 Å². The van der Waals surface area contributed by atoms with Crippen molar-refractivity contribution in [3.63, 3.8) is 0 Å². The van der Waals surface area contributed by atoms with Crippen LogP contribution in [0.25, 0.3) is 0 Å². The molecule has 2 N–H and O–H groups in total. The summed E-state index contributed by atoms with van der Waals surface area (Å²) in [6.07, 6.45) is -0.760. The number of rotatable bonds is 3. The average molecular weight is 263 g/mol. The summed E-state index contributed by atoms with van der Waals surface area (Å²) in [6.45, 7) is 3.31. The first-order valence-corrected chi connectivity index (χ1v) is 5.82. The van der Waals surface area contributed by atoms with E-state index in [1.807, 2.05) is 0 Å². The SMILES string of the molecule is COc1ccc(C#CCO)cc1NC(=O)OC(C)C. The van der Waals surface area contributed by atoms with Gasteiger partial charge in [-0.25, -0.2) is 4.79 Å². The van der Waals surface area contributed by atoms with Crippen LogP contribution in [0.15, 0.2) is 18.2 Å². The van der Waals surface area contributed by atoms with Crippen molar-refractivity contribution in [3.05, 3.63) is 23.8 Å². The third-order valence-electron chi connectivity index (χ3n) is 2.09. The van der Waals surface area contributed by atoms with E-state index in [2.05, 4.69) is 17.2 Å². The van der Waals surface area contributed by atoms with Gasteiger partial charge in [-0.15, -0.1) is 0 Å². The number of amides is 1. The zero-order valence-electron chi connectivity index (χ0n) is 11.2. The topological polar surface area (TPSA) is 67.8 Å². The Morgan fingerprint density at radius 3 is 2.79 bits per heavy atom. The van der Waals surface area contributed by atoms with E-state index >= 15 is 0 Å². The number of carbonyl (C=O) groups is 1. The molecule has 0 unspecified atom stereocenters. The van der Waals surface area contributed by atoms with Crippen LogP contribution in [-0.2, 0) is 4.74 Å². The molecule has 1 rings (SSSR count). The lowest BCUT2D eigenvalue weighted by molar-refractivity contribution is 0.130. The molecule has 0 saturated heterocycles. The van der Waals surface area contributed by atoms with Gasteiger partial charge in [0.2, 0.25) is 0 Å². The maximum Gasteiger partial charge on any atom is 0.411 e. The van der Waals surface area contributed by atoms with E-state index in [1.54, 1.807) is 32.0 Å². The molecular formula is C14H17NO4. The van der Waals surface area contributed by atoms with Crippen LogP contribution in [0.4, 0.5) is 10.5 Å². The Morgan fingerprint density at radius 1 is 1.47 bits per heavy atom. The third kappa shape index (κ3) is 4.90. The minimum Gasteiger partial charge on any atom is -0.495 e. The first-order chi connectivity index (χ1) is 9.06. The van der Waals surface area contributed by atoms with E-state index in [4.69, 9.17) is 14.6 Å². The molecule has 0 aromatic heterocycles. The summed E-state index contributed by atoms with van der Waals surface area (Å²) in [4.78, 5) is 11.6. The Kier molecular flexibility index (Phi) is 5.71. The summed E-state index contributed by atoms with van der Waals surface area (Å²) >= 11 is 0. The van der Waals surface area contributed by atoms with E-state index in [0.29, 0.717) is 17.0 Å². The monoisotopic (exact) mass is 263 g/mol. The lowest BCUT2D eigenvalue weighted by Crippen LogP contribution is -2.18. The molecule has 19 heavy (non-hydrogen) atoms. The molecule has 0 spiro atoms. The molecule has 0 atom stereocenters. The van der Waals surface area contributed by atoms with Crippen LogP contribution in [0, 0.1) is 11.8 Å². The number of benzene rings is 1. The summed E-state index contributed by atoms with van der Waals surface area (Å²) in [5.74, 6) is 5.80. The first-order valence-electron chi connectivity index (χ1n) is 5.82. The van der Waals surface area contributed by atoms with Gasteiger partial charge in [-0.2, -0.15) is 0 Å². The van der Waals surface area contributed by atoms with Crippen LogP contribution >= 0.6 is 0 Å². The molecule has 1 aromatic carbocycles. The Labute approximate surface area is 112 Å². The normalized spacial score (nSPS) is 9.53. The number of anilines is 1. The molecule has 0 bridgehead atoms. The largest absolute Gasteiger partial charge is 0.495 e. The van der Waals surface area contributed by atoms with Crippen molar-refractivity contribution in [3.8, 4) is 17.6 Å². The quantitative estimate of drug-likeness (QED) is 0.818. The van der Waals surface area contributed by atoms with Gasteiger partial charge in [-0.05, 0) is 32.0 Å². The molecule has 0 aliphatic rings. The number of hydrogen-bond donors (Lipinski definition) is 2. The first kappa shape index (κ1) is 14.9. The smallest absolute Gasteiger partial charge is 0.411 e.